The van der Waals surface area contributed by atoms with Crippen LogP contribution in [0.2, 0.25) is 0 Å². The van der Waals surface area contributed by atoms with Crippen molar-refractivity contribution in [3.8, 4) is 0 Å². The second kappa shape index (κ2) is 13.0. The van der Waals surface area contributed by atoms with Crippen molar-refractivity contribution >= 4 is 29.3 Å². The lowest BCUT2D eigenvalue weighted by Crippen LogP contribution is -2.53. The molecule has 9 nitrogen and oxygen atoms in total. The summed E-state index contributed by atoms with van der Waals surface area (Å²) in [6.45, 7) is 10.6. The van der Waals surface area contributed by atoms with Crippen LogP contribution in [0.3, 0.4) is 0 Å². The van der Waals surface area contributed by atoms with Gasteiger partial charge in [-0.1, -0.05) is 25.3 Å². The number of nitrogens with zero attached hydrogens (tertiary/aromatic N) is 3. The van der Waals surface area contributed by atoms with Crippen LogP contribution in [-0.2, 0) is 4.79 Å². The van der Waals surface area contributed by atoms with E-state index in [-0.39, 0.29) is 37.1 Å². The largest absolute Gasteiger partial charge is 0.368 e. The normalized spacial score (nSPS) is 16.5. The second-order valence-corrected chi connectivity index (χ2v) is 9.63. The second-order valence-electron chi connectivity index (χ2n) is 9.63. The Morgan fingerprint density at radius 1 is 1.06 bits per heavy atom. The van der Waals surface area contributed by atoms with Crippen molar-refractivity contribution in [3.05, 3.63) is 36.9 Å². The van der Waals surface area contributed by atoms with Gasteiger partial charge in [-0.05, 0) is 51.0 Å². The molecule has 9 heteroatoms. The standard InChI is InChI=1S/C26H40N6O3/c1-4-14-32(25(34)27-20(2)3)19-24(33)28-22-10-12-23(13-11-22)30-15-17-31(18-16-30)26(35)29-21-8-6-5-7-9-21/h4,10-13,20-21H,1,5-9,14-19H2,2-3H3,(H,27,34)(H,28,33)(H,29,35). The molecule has 1 aliphatic heterocycles. The van der Waals surface area contributed by atoms with Crippen molar-refractivity contribution in [1.82, 2.24) is 20.4 Å². The van der Waals surface area contributed by atoms with Gasteiger partial charge in [0.1, 0.15) is 6.54 Å². The predicted octanol–water partition coefficient (Wildman–Crippen LogP) is 3.40. The number of benzene rings is 1. The van der Waals surface area contributed by atoms with Gasteiger partial charge in [-0.25, -0.2) is 9.59 Å². The summed E-state index contributed by atoms with van der Waals surface area (Å²) < 4.78 is 0. The van der Waals surface area contributed by atoms with Crippen molar-refractivity contribution in [2.45, 2.75) is 58.0 Å². The molecule has 0 atom stereocenters. The zero-order chi connectivity index (χ0) is 25.2. The summed E-state index contributed by atoms with van der Waals surface area (Å²) in [5.41, 5.74) is 1.73. The topological polar surface area (TPSA) is 97.0 Å². The molecule has 2 fully saturated rings. The van der Waals surface area contributed by atoms with Gasteiger partial charge < -0.3 is 30.7 Å². The molecule has 1 aliphatic carbocycles. The van der Waals surface area contributed by atoms with E-state index in [0.717, 1.165) is 31.6 Å². The van der Waals surface area contributed by atoms with Crippen LogP contribution in [0.1, 0.15) is 46.0 Å². The first-order valence-corrected chi connectivity index (χ1v) is 12.7. The van der Waals surface area contributed by atoms with E-state index in [4.69, 9.17) is 0 Å². The maximum absolute atomic E-state index is 12.6. The molecule has 0 unspecified atom stereocenters. The van der Waals surface area contributed by atoms with Crippen LogP contribution < -0.4 is 20.9 Å². The number of hydrogen-bond donors (Lipinski definition) is 3. The summed E-state index contributed by atoms with van der Waals surface area (Å²) in [6, 6.07) is 7.74. The lowest BCUT2D eigenvalue weighted by atomic mass is 9.96. The molecule has 1 saturated carbocycles. The average Bonchev–Trinajstić information content (AvgIpc) is 2.84. The zero-order valence-electron chi connectivity index (χ0n) is 21.1. The maximum Gasteiger partial charge on any atom is 0.318 e. The van der Waals surface area contributed by atoms with Gasteiger partial charge in [-0.3, -0.25) is 4.79 Å². The fourth-order valence-corrected chi connectivity index (χ4v) is 4.52. The molecule has 1 heterocycles. The number of hydrogen-bond acceptors (Lipinski definition) is 4. The Morgan fingerprint density at radius 2 is 1.71 bits per heavy atom. The molecular weight excluding hydrogens is 444 g/mol. The van der Waals surface area contributed by atoms with E-state index in [1.165, 1.54) is 24.2 Å². The summed E-state index contributed by atoms with van der Waals surface area (Å²) in [5, 5.41) is 8.85. The first kappa shape index (κ1) is 26.4. The first-order valence-electron chi connectivity index (χ1n) is 12.7. The summed E-state index contributed by atoms with van der Waals surface area (Å²) in [7, 11) is 0. The maximum atomic E-state index is 12.6. The Balaban J connectivity index is 1.45. The van der Waals surface area contributed by atoms with Crippen molar-refractivity contribution in [1.29, 1.82) is 0 Å². The highest BCUT2D eigenvalue weighted by atomic mass is 16.2. The van der Waals surface area contributed by atoms with Crippen molar-refractivity contribution < 1.29 is 14.4 Å². The zero-order valence-corrected chi connectivity index (χ0v) is 21.1. The predicted molar refractivity (Wildman–Crippen MR) is 140 cm³/mol. The van der Waals surface area contributed by atoms with E-state index in [9.17, 15) is 14.4 Å². The molecule has 192 valence electrons. The highest BCUT2D eigenvalue weighted by Gasteiger charge is 2.24. The third-order valence-corrected chi connectivity index (χ3v) is 6.40. The van der Waals surface area contributed by atoms with Crippen LogP contribution in [0.5, 0.6) is 0 Å². The summed E-state index contributed by atoms with van der Waals surface area (Å²) in [4.78, 5) is 42.9. The minimum Gasteiger partial charge on any atom is -0.368 e. The Bertz CT molecular complexity index is 858. The van der Waals surface area contributed by atoms with E-state index in [1.807, 2.05) is 43.0 Å². The quantitative estimate of drug-likeness (QED) is 0.493. The van der Waals surface area contributed by atoms with Gasteiger partial charge in [0.25, 0.3) is 0 Å². The summed E-state index contributed by atoms with van der Waals surface area (Å²) in [6.07, 6.45) is 7.46. The van der Waals surface area contributed by atoms with Gasteiger partial charge in [0.2, 0.25) is 5.91 Å². The van der Waals surface area contributed by atoms with Gasteiger partial charge in [0.15, 0.2) is 0 Å². The number of carbonyl (C=O) groups is 3. The highest BCUT2D eigenvalue weighted by molar-refractivity contribution is 5.94. The fourth-order valence-electron chi connectivity index (χ4n) is 4.52. The minimum absolute atomic E-state index is 0.0152. The lowest BCUT2D eigenvalue weighted by molar-refractivity contribution is -0.116. The van der Waals surface area contributed by atoms with Crippen molar-refractivity contribution in [2.75, 3.05) is 49.5 Å². The third kappa shape index (κ3) is 8.19. The molecule has 3 rings (SSSR count). The number of nitrogens with one attached hydrogen (secondary N) is 3. The molecule has 1 aromatic rings. The number of anilines is 2. The number of urea groups is 2. The van der Waals surface area contributed by atoms with E-state index in [2.05, 4.69) is 27.4 Å². The Kier molecular flexibility index (Phi) is 9.81. The molecule has 0 aromatic heterocycles. The molecule has 0 bridgehead atoms. The average molecular weight is 485 g/mol. The van der Waals surface area contributed by atoms with E-state index in [1.54, 1.807) is 6.08 Å². The molecule has 5 amide bonds. The van der Waals surface area contributed by atoms with E-state index < -0.39 is 0 Å². The van der Waals surface area contributed by atoms with Crippen LogP contribution in [0, 0.1) is 0 Å². The third-order valence-electron chi connectivity index (χ3n) is 6.40. The molecule has 1 saturated heterocycles. The SMILES string of the molecule is C=CCN(CC(=O)Nc1ccc(N2CCN(C(=O)NC3CCCCC3)CC2)cc1)C(=O)NC(C)C. The van der Waals surface area contributed by atoms with Gasteiger partial charge in [-0.15, -0.1) is 6.58 Å². The van der Waals surface area contributed by atoms with E-state index >= 15 is 0 Å². The molecule has 35 heavy (non-hydrogen) atoms. The molecule has 0 radical (unpaired) electrons. The Labute approximate surface area is 208 Å². The molecule has 3 N–H and O–H groups in total. The Hall–Kier alpha value is -3.23. The van der Waals surface area contributed by atoms with Gasteiger partial charge in [0, 0.05) is 56.2 Å². The number of amides is 5. The smallest absolute Gasteiger partial charge is 0.318 e. The lowest BCUT2D eigenvalue weighted by Gasteiger charge is -2.37. The molecule has 2 aliphatic rings. The summed E-state index contributed by atoms with van der Waals surface area (Å²) in [5.74, 6) is -0.268. The van der Waals surface area contributed by atoms with E-state index in [0.29, 0.717) is 24.8 Å². The van der Waals surface area contributed by atoms with Crippen LogP contribution in [0.4, 0.5) is 21.0 Å². The molecule has 0 spiro atoms. The van der Waals surface area contributed by atoms with Crippen molar-refractivity contribution in [2.24, 2.45) is 0 Å². The van der Waals surface area contributed by atoms with Crippen LogP contribution in [0.25, 0.3) is 0 Å². The summed E-state index contributed by atoms with van der Waals surface area (Å²) >= 11 is 0. The first-order chi connectivity index (χ1) is 16.9. The van der Waals surface area contributed by atoms with Gasteiger partial charge in [0.05, 0.1) is 0 Å². The number of rotatable bonds is 8. The number of piperazine rings is 1. The molecule has 1 aromatic carbocycles. The van der Waals surface area contributed by atoms with Crippen molar-refractivity contribution in [3.63, 3.8) is 0 Å². The van der Waals surface area contributed by atoms with Crippen LogP contribution in [-0.4, -0.2) is 79.1 Å². The fraction of sp³-hybridized carbons (Fsp3) is 0.577. The highest BCUT2D eigenvalue weighted by Crippen LogP contribution is 2.21. The number of carbonyl (C=O) groups excluding carboxylic acids is 3. The minimum atomic E-state index is -0.294. The van der Waals surface area contributed by atoms with Crippen LogP contribution >= 0.6 is 0 Å². The Morgan fingerprint density at radius 3 is 2.31 bits per heavy atom. The monoisotopic (exact) mass is 484 g/mol. The van der Waals surface area contributed by atoms with Crippen LogP contribution in [0.15, 0.2) is 36.9 Å². The van der Waals surface area contributed by atoms with Gasteiger partial charge in [-0.2, -0.15) is 0 Å². The molecular formula is C26H40N6O3. The van der Waals surface area contributed by atoms with Gasteiger partial charge >= 0.3 is 12.1 Å².